The van der Waals surface area contributed by atoms with Crippen LogP contribution in [0.2, 0.25) is 0 Å². The van der Waals surface area contributed by atoms with Crippen LogP contribution in [0.25, 0.3) is 10.9 Å². The van der Waals surface area contributed by atoms with E-state index in [1.807, 2.05) is 45.9 Å². The van der Waals surface area contributed by atoms with E-state index in [0.29, 0.717) is 37.6 Å². The van der Waals surface area contributed by atoms with E-state index in [1.54, 1.807) is 16.8 Å². The minimum atomic E-state index is -0.443. The molecule has 2 aromatic heterocycles. The van der Waals surface area contributed by atoms with E-state index in [2.05, 4.69) is 36.4 Å². The zero-order chi connectivity index (χ0) is 26.3. The summed E-state index contributed by atoms with van der Waals surface area (Å²) in [5.41, 5.74) is 2.96. The summed E-state index contributed by atoms with van der Waals surface area (Å²) >= 11 is 0. The molecule has 1 aliphatic rings. The lowest BCUT2D eigenvalue weighted by molar-refractivity contribution is -0.384. The van der Waals surface area contributed by atoms with Gasteiger partial charge in [-0.25, -0.2) is 4.68 Å². The second-order valence-electron chi connectivity index (χ2n) is 10.5. The second-order valence-corrected chi connectivity index (χ2v) is 10.5. The Bertz CT molecular complexity index is 1500. The van der Waals surface area contributed by atoms with Crippen LogP contribution in [0, 0.1) is 17.0 Å². The van der Waals surface area contributed by atoms with Crippen molar-refractivity contribution in [3.05, 3.63) is 86.0 Å². The van der Waals surface area contributed by atoms with Crippen LogP contribution < -0.4 is 10.5 Å². The molecule has 0 unspecified atom stereocenters. The van der Waals surface area contributed by atoms with Gasteiger partial charge in [-0.1, -0.05) is 11.6 Å². The van der Waals surface area contributed by atoms with Gasteiger partial charge < -0.3 is 9.88 Å². The highest BCUT2D eigenvalue weighted by atomic mass is 16.6. The molecule has 0 amide bonds. The van der Waals surface area contributed by atoms with Gasteiger partial charge in [-0.2, -0.15) is 0 Å². The van der Waals surface area contributed by atoms with Gasteiger partial charge in [0.1, 0.15) is 6.04 Å². The molecule has 11 heteroatoms. The van der Waals surface area contributed by atoms with Crippen molar-refractivity contribution in [2.75, 3.05) is 31.1 Å². The number of rotatable bonds is 5. The van der Waals surface area contributed by atoms with Crippen molar-refractivity contribution < 1.29 is 4.92 Å². The predicted octanol–water partition coefficient (Wildman–Crippen LogP) is 3.40. The van der Waals surface area contributed by atoms with Crippen molar-refractivity contribution in [2.24, 2.45) is 0 Å². The van der Waals surface area contributed by atoms with Crippen LogP contribution in [0.15, 0.2) is 53.3 Å². The molecule has 3 heterocycles. The molecule has 0 radical (unpaired) electrons. The van der Waals surface area contributed by atoms with Gasteiger partial charge in [0.05, 0.1) is 10.5 Å². The Hall–Kier alpha value is -4.12. The molecule has 1 aliphatic heterocycles. The minimum Gasteiger partial charge on any atom is -0.369 e. The number of H-pyrrole nitrogens is 1. The van der Waals surface area contributed by atoms with Crippen molar-refractivity contribution >= 4 is 22.3 Å². The molecule has 4 aromatic rings. The lowest BCUT2D eigenvalue weighted by Crippen LogP contribution is -2.49. The number of tetrazole rings is 1. The zero-order valence-corrected chi connectivity index (χ0v) is 21.4. The number of benzene rings is 2. The molecule has 5 rings (SSSR count). The highest BCUT2D eigenvalue weighted by Gasteiger charge is 2.35. The number of fused-ring (bicyclic) bond motifs is 1. The van der Waals surface area contributed by atoms with Gasteiger partial charge in [0, 0.05) is 55.1 Å². The average Bonchev–Trinajstić information content (AvgIpc) is 3.36. The van der Waals surface area contributed by atoms with Crippen molar-refractivity contribution in [3.63, 3.8) is 0 Å². The average molecular weight is 503 g/mol. The SMILES string of the molecule is Cc1ccc2[nH]c(=O)c([C@@H](c3nnnn3C(C)(C)C)N3CCN(c4ccc([N+](=O)[O-])cc4)CC3)cc2c1. The lowest BCUT2D eigenvalue weighted by atomic mass is 10.0. The molecule has 37 heavy (non-hydrogen) atoms. The number of anilines is 1. The second kappa shape index (κ2) is 9.40. The third-order valence-corrected chi connectivity index (χ3v) is 6.80. The number of aromatic nitrogens is 5. The molecule has 11 nitrogen and oxygen atoms in total. The fourth-order valence-electron chi connectivity index (χ4n) is 4.91. The maximum absolute atomic E-state index is 13.4. The predicted molar refractivity (Wildman–Crippen MR) is 141 cm³/mol. The van der Waals surface area contributed by atoms with E-state index in [4.69, 9.17) is 0 Å². The van der Waals surface area contributed by atoms with Crippen molar-refractivity contribution in [1.29, 1.82) is 0 Å². The Morgan fingerprint density at radius 2 is 1.73 bits per heavy atom. The molecule has 192 valence electrons. The Balaban J connectivity index is 1.51. The van der Waals surface area contributed by atoms with E-state index in [1.165, 1.54) is 12.1 Å². The van der Waals surface area contributed by atoms with Crippen LogP contribution in [0.5, 0.6) is 0 Å². The Kier molecular flexibility index (Phi) is 6.24. The van der Waals surface area contributed by atoms with Crippen LogP contribution >= 0.6 is 0 Å². The number of piperazine rings is 1. The summed E-state index contributed by atoms with van der Waals surface area (Å²) in [6.45, 7) is 10.8. The van der Waals surface area contributed by atoms with Gasteiger partial charge in [0.15, 0.2) is 5.82 Å². The molecule has 0 spiro atoms. The first kappa shape index (κ1) is 24.6. The van der Waals surface area contributed by atoms with Crippen LogP contribution in [0.1, 0.15) is 43.8 Å². The number of hydrogen-bond donors (Lipinski definition) is 1. The number of aryl methyl sites for hydroxylation is 1. The van der Waals surface area contributed by atoms with Crippen LogP contribution in [-0.4, -0.2) is 61.2 Å². The molecule has 0 aliphatic carbocycles. The number of nitro groups is 1. The van der Waals surface area contributed by atoms with Gasteiger partial charge in [-0.15, -0.1) is 5.10 Å². The smallest absolute Gasteiger partial charge is 0.269 e. The third kappa shape index (κ3) is 4.82. The highest BCUT2D eigenvalue weighted by Crippen LogP contribution is 2.31. The highest BCUT2D eigenvalue weighted by molar-refractivity contribution is 5.79. The van der Waals surface area contributed by atoms with E-state index >= 15 is 0 Å². The first-order valence-electron chi connectivity index (χ1n) is 12.3. The molecule has 1 atom stereocenters. The topological polar surface area (TPSA) is 126 Å². The molecule has 1 saturated heterocycles. The van der Waals surface area contributed by atoms with Crippen molar-refractivity contribution in [2.45, 2.75) is 39.3 Å². The lowest BCUT2D eigenvalue weighted by Gasteiger charge is -2.40. The summed E-state index contributed by atoms with van der Waals surface area (Å²) in [4.78, 5) is 31.5. The number of pyridine rings is 1. The molecule has 0 saturated carbocycles. The number of nitrogens with one attached hydrogen (secondary N) is 1. The molecule has 1 fully saturated rings. The fraction of sp³-hybridized carbons (Fsp3) is 0.385. The summed E-state index contributed by atoms with van der Waals surface area (Å²) in [6.07, 6.45) is 0. The van der Waals surface area contributed by atoms with Gasteiger partial charge in [0.2, 0.25) is 0 Å². The summed E-state index contributed by atoms with van der Waals surface area (Å²) in [5, 5.41) is 24.6. The molecule has 2 aromatic carbocycles. The Morgan fingerprint density at radius 1 is 1.03 bits per heavy atom. The van der Waals surface area contributed by atoms with Gasteiger partial charge in [0.25, 0.3) is 11.2 Å². The fourth-order valence-corrected chi connectivity index (χ4v) is 4.91. The summed E-state index contributed by atoms with van der Waals surface area (Å²) < 4.78 is 1.79. The first-order valence-corrected chi connectivity index (χ1v) is 12.3. The molecule has 0 bridgehead atoms. The van der Waals surface area contributed by atoms with E-state index in [0.717, 1.165) is 22.2 Å². The van der Waals surface area contributed by atoms with Gasteiger partial charge >= 0.3 is 0 Å². The minimum absolute atomic E-state index is 0.0715. The third-order valence-electron chi connectivity index (χ3n) is 6.80. The maximum Gasteiger partial charge on any atom is 0.269 e. The quantitative estimate of drug-likeness (QED) is 0.325. The van der Waals surface area contributed by atoms with Crippen molar-refractivity contribution in [3.8, 4) is 0 Å². The number of nitro benzene ring substituents is 1. The zero-order valence-electron chi connectivity index (χ0n) is 21.4. The summed E-state index contributed by atoms with van der Waals surface area (Å²) in [6, 6.07) is 14.1. The summed E-state index contributed by atoms with van der Waals surface area (Å²) in [7, 11) is 0. The normalized spacial score (nSPS) is 15.7. The van der Waals surface area contributed by atoms with Gasteiger partial charge in [-0.3, -0.25) is 19.8 Å². The Morgan fingerprint density at radius 3 is 2.38 bits per heavy atom. The van der Waals surface area contributed by atoms with E-state index in [-0.39, 0.29) is 16.8 Å². The van der Waals surface area contributed by atoms with Crippen LogP contribution in [0.3, 0.4) is 0 Å². The number of nitrogens with zero attached hydrogens (tertiary/aromatic N) is 7. The number of hydrogen-bond acceptors (Lipinski definition) is 8. The van der Waals surface area contributed by atoms with Gasteiger partial charge in [-0.05, 0) is 73.8 Å². The summed E-state index contributed by atoms with van der Waals surface area (Å²) in [5.74, 6) is 0.619. The first-order chi connectivity index (χ1) is 17.6. The monoisotopic (exact) mass is 502 g/mol. The molecular weight excluding hydrogens is 472 g/mol. The standard InChI is InChI=1S/C26H30N8O3/c1-17-5-10-22-18(15-17)16-21(25(35)27-22)23(24-28-29-30-33(24)26(2,3)4)32-13-11-31(12-14-32)19-6-8-20(9-7-19)34(36)37/h5-10,15-16,23H,11-14H2,1-4H3,(H,27,35)/t23-/m0/s1. The molecular formula is C26H30N8O3. The number of non-ortho nitro benzene ring substituents is 1. The van der Waals surface area contributed by atoms with E-state index < -0.39 is 11.0 Å². The maximum atomic E-state index is 13.4. The molecule has 1 N–H and O–H groups in total. The van der Waals surface area contributed by atoms with Crippen molar-refractivity contribution in [1.82, 2.24) is 30.1 Å². The number of aromatic amines is 1. The van der Waals surface area contributed by atoms with E-state index in [9.17, 15) is 14.9 Å². The van der Waals surface area contributed by atoms with Crippen LogP contribution in [-0.2, 0) is 5.54 Å². The Labute approximate surface area is 213 Å². The van der Waals surface area contributed by atoms with Crippen LogP contribution in [0.4, 0.5) is 11.4 Å². The largest absolute Gasteiger partial charge is 0.369 e.